The van der Waals surface area contributed by atoms with E-state index < -0.39 is 5.56 Å². The minimum atomic E-state index is -0.413. The fourth-order valence-corrected chi connectivity index (χ4v) is 3.72. The van der Waals surface area contributed by atoms with Crippen molar-refractivity contribution < 1.29 is 5.11 Å². The van der Waals surface area contributed by atoms with Crippen molar-refractivity contribution in [3.8, 4) is 17.3 Å². The van der Waals surface area contributed by atoms with E-state index in [0.717, 1.165) is 12.0 Å². The Bertz CT molecular complexity index is 1310. The molecule has 0 saturated carbocycles. The van der Waals surface area contributed by atoms with Gasteiger partial charge >= 0.3 is 0 Å². The van der Waals surface area contributed by atoms with Gasteiger partial charge in [0.15, 0.2) is 4.77 Å². The number of hydrogen-bond acceptors (Lipinski definition) is 4. The van der Waals surface area contributed by atoms with Gasteiger partial charge in [0.05, 0.1) is 11.4 Å². The van der Waals surface area contributed by atoms with E-state index in [0.29, 0.717) is 17.9 Å². The molecule has 0 radical (unpaired) electrons. The molecule has 5 nitrogen and oxygen atoms in total. The highest BCUT2D eigenvalue weighted by Gasteiger charge is 2.17. The van der Waals surface area contributed by atoms with Crippen LogP contribution in [-0.4, -0.2) is 27.0 Å². The molecule has 0 amide bonds. The van der Waals surface area contributed by atoms with Gasteiger partial charge in [-0.05, 0) is 48.5 Å². The van der Waals surface area contributed by atoms with Gasteiger partial charge in [0.25, 0.3) is 5.56 Å². The highest BCUT2D eigenvalue weighted by molar-refractivity contribution is 7.71. The number of aromatic hydroxyl groups is 1. The summed E-state index contributed by atoms with van der Waals surface area (Å²) in [6.45, 7) is 0.495. The molecule has 31 heavy (non-hydrogen) atoms. The normalized spacial score (nSPS) is 11.1. The highest BCUT2D eigenvalue weighted by atomic mass is 32.1. The third-order valence-corrected chi connectivity index (χ3v) is 5.26. The largest absolute Gasteiger partial charge is 0.494 e. The lowest BCUT2D eigenvalue weighted by molar-refractivity contribution is 0.430. The zero-order valence-electron chi connectivity index (χ0n) is 16.8. The Balaban J connectivity index is 1.81. The van der Waals surface area contributed by atoms with E-state index in [9.17, 15) is 9.90 Å². The van der Waals surface area contributed by atoms with Crippen LogP contribution in [0.4, 0.5) is 0 Å². The second-order valence-corrected chi connectivity index (χ2v) is 7.30. The molecule has 4 aromatic rings. The molecule has 6 heteroatoms. The summed E-state index contributed by atoms with van der Waals surface area (Å²) in [6, 6.07) is 28.4. The molecule has 0 spiro atoms. The third-order valence-electron chi connectivity index (χ3n) is 4.89. The zero-order valence-corrected chi connectivity index (χ0v) is 17.6. The monoisotopic (exact) mass is 427 g/mol. The Hall–Kier alpha value is -3.77. The van der Waals surface area contributed by atoms with Gasteiger partial charge in [0.2, 0.25) is 5.88 Å². The molecule has 154 valence electrons. The van der Waals surface area contributed by atoms with E-state index in [4.69, 9.17) is 12.2 Å². The average Bonchev–Trinajstić information content (AvgIpc) is 2.80. The molecule has 0 saturated heterocycles. The van der Waals surface area contributed by atoms with Crippen molar-refractivity contribution in [1.82, 2.24) is 9.13 Å². The van der Waals surface area contributed by atoms with E-state index in [1.807, 2.05) is 78.9 Å². The van der Waals surface area contributed by atoms with Crippen molar-refractivity contribution in [3.05, 3.63) is 117 Å². The number of para-hydroxylation sites is 2. The Morgan fingerprint density at radius 1 is 0.806 bits per heavy atom. The fraction of sp³-hybridized carbons (Fsp3) is 0.0800. The summed E-state index contributed by atoms with van der Waals surface area (Å²) in [5.41, 5.74) is 2.12. The Morgan fingerprint density at radius 2 is 1.32 bits per heavy atom. The minimum Gasteiger partial charge on any atom is -0.494 e. The molecule has 0 aliphatic heterocycles. The van der Waals surface area contributed by atoms with Gasteiger partial charge < -0.3 is 5.11 Å². The van der Waals surface area contributed by atoms with Crippen LogP contribution in [0, 0.1) is 4.77 Å². The topological polar surface area (TPSA) is 59.5 Å². The lowest BCUT2D eigenvalue weighted by atomic mass is 10.1. The molecule has 1 N–H and O–H groups in total. The molecule has 3 aromatic carbocycles. The van der Waals surface area contributed by atoms with Crippen LogP contribution in [-0.2, 0) is 6.42 Å². The van der Waals surface area contributed by atoms with Crippen LogP contribution in [0.25, 0.3) is 11.4 Å². The Kier molecular flexibility index (Phi) is 6.19. The van der Waals surface area contributed by atoms with Crippen LogP contribution in [0.2, 0.25) is 0 Å². The molecule has 4 rings (SSSR count). The first kappa shape index (κ1) is 20.5. The number of aromatic nitrogens is 2. The SMILES string of the molecule is O=c1c(C=NCCc2ccccc2)c(O)n(-c2ccccc2)c(=S)n1-c1ccccc1. The Labute approximate surface area is 185 Å². The maximum atomic E-state index is 13.3. The molecule has 0 atom stereocenters. The van der Waals surface area contributed by atoms with Gasteiger partial charge in [-0.3, -0.25) is 18.9 Å². The van der Waals surface area contributed by atoms with E-state index in [-0.39, 0.29) is 16.2 Å². The Morgan fingerprint density at radius 3 is 1.90 bits per heavy atom. The van der Waals surface area contributed by atoms with Crippen molar-refractivity contribution >= 4 is 18.4 Å². The van der Waals surface area contributed by atoms with Gasteiger partial charge in [0.1, 0.15) is 5.56 Å². The van der Waals surface area contributed by atoms with Crippen molar-refractivity contribution in [2.45, 2.75) is 6.42 Å². The molecule has 0 aliphatic rings. The smallest absolute Gasteiger partial charge is 0.271 e. The lowest BCUT2D eigenvalue weighted by Gasteiger charge is -2.16. The van der Waals surface area contributed by atoms with Gasteiger partial charge in [-0.1, -0.05) is 66.7 Å². The second kappa shape index (κ2) is 9.36. The van der Waals surface area contributed by atoms with Crippen molar-refractivity contribution in [2.24, 2.45) is 4.99 Å². The van der Waals surface area contributed by atoms with E-state index in [2.05, 4.69) is 4.99 Å². The average molecular weight is 428 g/mol. The van der Waals surface area contributed by atoms with Gasteiger partial charge in [-0.25, -0.2) is 0 Å². The zero-order chi connectivity index (χ0) is 21.6. The predicted molar refractivity (Wildman–Crippen MR) is 126 cm³/mol. The molecule has 1 heterocycles. The molecule has 0 aliphatic carbocycles. The molecular weight excluding hydrogens is 406 g/mol. The number of nitrogens with zero attached hydrogens (tertiary/aromatic N) is 3. The number of benzene rings is 3. The first-order chi connectivity index (χ1) is 15.2. The van der Waals surface area contributed by atoms with Gasteiger partial charge in [-0.2, -0.15) is 0 Å². The molecule has 0 fully saturated rings. The van der Waals surface area contributed by atoms with Crippen LogP contribution in [0.1, 0.15) is 11.1 Å². The van der Waals surface area contributed by atoms with E-state index in [1.165, 1.54) is 15.3 Å². The summed E-state index contributed by atoms with van der Waals surface area (Å²) in [6.07, 6.45) is 2.18. The van der Waals surface area contributed by atoms with Crippen molar-refractivity contribution in [3.63, 3.8) is 0 Å². The number of hydrogen-bond donors (Lipinski definition) is 1. The molecule has 0 unspecified atom stereocenters. The first-order valence-electron chi connectivity index (χ1n) is 9.92. The lowest BCUT2D eigenvalue weighted by Crippen LogP contribution is -2.27. The maximum absolute atomic E-state index is 13.3. The summed E-state index contributed by atoms with van der Waals surface area (Å²) in [5, 5.41) is 11.0. The summed E-state index contributed by atoms with van der Waals surface area (Å²) in [7, 11) is 0. The standard InChI is InChI=1S/C25H21N3O2S/c29-23-22(18-26-17-16-19-10-4-1-5-11-19)24(30)28(21-14-8-3-9-15-21)25(31)27(23)20-12-6-2-7-13-20/h1-15,18,29H,16-17H2. The summed E-state index contributed by atoms with van der Waals surface area (Å²) < 4.78 is 3.09. The van der Waals surface area contributed by atoms with Crippen LogP contribution >= 0.6 is 12.2 Å². The number of aliphatic imine (C=N–C) groups is 1. The van der Waals surface area contributed by atoms with Gasteiger partial charge in [0, 0.05) is 12.8 Å². The van der Waals surface area contributed by atoms with Crippen LogP contribution in [0.15, 0.2) is 101 Å². The fourth-order valence-electron chi connectivity index (χ4n) is 3.34. The predicted octanol–water partition coefficient (Wildman–Crippen LogP) is 4.72. The highest BCUT2D eigenvalue weighted by Crippen LogP contribution is 2.21. The third kappa shape index (κ3) is 4.39. The molecule has 1 aromatic heterocycles. The summed E-state index contributed by atoms with van der Waals surface area (Å²) in [4.78, 5) is 17.7. The maximum Gasteiger partial charge on any atom is 0.271 e. The summed E-state index contributed by atoms with van der Waals surface area (Å²) >= 11 is 5.61. The molecule has 0 bridgehead atoms. The molecular formula is C25H21N3O2S. The first-order valence-corrected chi connectivity index (χ1v) is 10.3. The van der Waals surface area contributed by atoms with E-state index in [1.54, 1.807) is 12.1 Å². The van der Waals surface area contributed by atoms with Crippen molar-refractivity contribution in [2.75, 3.05) is 6.54 Å². The minimum absolute atomic E-state index is 0.0920. The number of rotatable bonds is 6. The van der Waals surface area contributed by atoms with Crippen LogP contribution in [0.5, 0.6) is 5.88 Å². The quantitative estimate of drug-likeness (QED) is 0.358. The summed E-state index contributed by atoms with van der Waals surface area (Å²) in [5.74, 6) is -0.225. The second-order valence-electron chi connectivity index (χ2n) is 6.94. The van der Waals surface area contributed by atoms with Crippen LogP contribution in [0.3, 0.4) is 0 Å². The van der Waals surface area contributed by atoms with Crippen LogP contribution < -0.4 is 5.56 Å². The van der Waals surface area contributed by atoms with E-state index >= 15 is 0 Å². The van der Waals surface area contributed by atoms with Crippen molar-refractivity contribution in [1.29, 1.82) is 0 Å². The van der Waals surface area contributed by atoms with Gasteiger partial charge in [-0.15, -0.1) is 0 Å².